The number of hydrogen-bond acceptors (Lipinski definition) is 11. The molecule has 2 atom stereocenters. The normalized spacial score (nSPS) is 18.7. The van der Waals surface area contributed by atoms with Crippen LogP contribution in [-0.4, -0.2) is 54.7 Å². The molecule has 14 heteroatoms. The van der Waals surface area contributed by atoms with E-state index in [1.54, 1.807) is 6.07 Å². The van der Waals surface area contributed by atoms with Crippen LogP contribution in [0.15, 0.2) is 34.6 Å². The molecule has 188 valence electrons. The van der Waals surface area contributed by atoms with Gasteiger partial charge in [0, 0.05) is 36.9 Å². The predicted octanol–water partition coefficient (Wildman–Crippen LogP) is 2.16. The third kappa shape index (κ3) is 5.46. The van der Waals surface area contributed by atoms with Gasteiger partial charge in [-0.15, -0.1) is 9.24 Å². The summed E-state index contributed by atoms with van der Waals surface area (Å²) in [7, 11) is -0.941. The molecule has 0 radical (unpaired) electrons. The molecule has 2 aromatic rings. The molecule has 1 aromatic heterocycles. The average molecular weight is 522 g/mol. The lowest BCUT2D eigenvalue weighted by Gasteiger charge is -2.34. The Morgan fingerprint density at radius 3 is 2.57 bits per heavy atom. The molecule has 2 aliphatic heterocycles. The maximum Gasteiger partial charge on any atom is 0.353 e. The maximum absolute atomic E-state index is 12.0. The first-order valence-electron chi connectivity index (χ1n) is 11.2. The topological polar surface area (TPSA) is 152 Å². The van der Waals surface area contributed by atoms with Crippen molar-refractivity contribution in [1.82, 2.24) is 15.3 Å². The number of nitrogens with one attached hydrogen (secondary N) is 2. The monoisotopic (exact) mass is 521 g/mol. The fourth-order valence-electron chi connectivity index (χ4n) is 4.08. The van der Waals surface area contributed by atoms with Crippen molar-refractivity contribution in [3.63, 3.8) is 0 Å². The number of amidine groups is 1. The van der Waals surface area contributed by atoms with E-state index >= 15 is 0 Å². The summed E-state index contributed by atoms with van der Waals surface area (Å²) in [5.41, 5.74) is 0.252. The average Bonchev–Trinajstić information content (AvgIpc) is 3.30. The second-order valence-corrected chi connectivity index (χ2v) is 11.6. The molecule has 0 spiro atoms. The van der Waals surface area contributed by atoms with Crippen molar-refractivity contribution in [2.75, 3.05) is 29.6 Å². The molecule has 1 fully saturated rings. The molecule has 0 bridgehead atoms. The van der Waals surface area contributed by atoms with E-state index in [1.807, 2.05) is 18.7 Å². The van der Waals surface area contributed by atoms with E-state index in [1.165, 1.54) is 18.5 Å². The van der Waals surface area contributed by atoms with E-state index in [9.17, 15) is 18.5 Å². The van der Waals surface area contributed by atoms with Gasteiger partial charge < -0.3 is 20.4 Å². The number of rotatable bonds is 7. The van der Waals surface area contributed by atoms with E-state index in [0.717, 1.165) is 24.9 Å². The van der Waals surface area contributed by atoms with E-state index in [0.29, 0.717) is 24.1 Å². The summed E-state index contributed by atoms with van der Waals surface area (Å²) < 4.78 is 23.6. The Balaban J connectivity index is 1.51. The Morgan fingerprint density at radius 2 is 2.00 bits per heavy atom. The third-order valence-electron chi connectivity index (χ3n) is 6.06. The first kappa shape index (κ1) is 25.1. The Morgan fingerprint density at radius 1 is 1.29 bits per heavy atom. The Bertz CT molecular complexity index is 1260. The standard InChI is InChI=1S/C21H28N7O5PS/c1-12(2)18-25-21(33-26-18)13-6-8-27(9-7-13)20-17(28(29)30)19(22-11-23-20)24-15-5-4-14(10-16(15)34)35(3,31)32/h4-5,10-13,21H,6-9,34H2,1-3H3,(H,25,26)(H,22,23,24). The number of anilines is 3. The molecule has 1 aromatic carbocycles. The van der Waals surface area contributed by atoms with Gasteiger partial charge in [-0.1, -0.05) is 19.0 Å². The summed E-state index contributed by atoms with van der Waals surface area (Å²) in [6, 6.07) is 4.48. The van der Waals surface area contributed by atoms with Gasteiger partial charge in [-0.05, 0) is 36.3 Å². The molecule has 2 aliphatic rings. The van der Waals surface area contributed by atoms with Crippen LogP contribution in [-0.2, 0) is 14.7 Å². The van der Waals surface area contributed by atoms with E-state index in [2.05, 4.69) is 35.0 Å². The van der Waals surface area contributed by atoms with Crippen LogP contribution in [0.25, 0.3) is 0 Å². The zero-order chi connectivity index (χ0) is 25.3. The van der Waals surface area contributed by atoms with Gasteiger partial charge in [-0.25, -0.2) is 18.4 Å². The summed E-state index contributed by atoms with van der Waals surface area (Å²) in [5, 5.41) is 23.0. The van der Waals surface area contributed by atoms with Crippen molar-refractivity contribution in [3.05, 3.63) is 34.6 Å². The van der Waals surface area contributed by atoms with Crippen molar-refractivity contribution in [3.8, 4) is 0 Å². The summed E-state index contributed by atoms with van der Waals surface area (Å²) in [4.78, 5) is 27.5. The third-order valence-corrected chi connectivity index (χ3v) is 7.65. The van der Waals surface area contributed by atoms with Crippen LogP contribution in [0.1, 0.15) is 26.7 Å². The smallest absolute Gasteiger partial charge is 0.353 e. The van der Waals surface area contributed by atoms with Crippen molar-refractivity contribution >= 4 is 53.2 Å². The van der Waals surface area contributed by atoms with Crippen molar-refractivity contribution in [2.24, 2.45) is 17.0 Å². The minimum atomic E-state index is -3.38. The second-order valence-electron chi connectivity index (χ2n) is 8.92. The van der Waals surface area contributed by atoms with Gasteiger partial charge in [0.25, 0.3) is 0 Å². The van der Waals surface area contributed by atoms with Crippen LogP contribution >= 0.6 is 9.24 Å². The maximum atomic E-state index is 12.0. The fourth-order valence-corrected chi connectivity index (χ4v) is 5.20. The number of benzene rings is 1. The lowest BCUT2D eigenvalue weighted by atomic mass is 9.94. The Labute approximate surface area is 205 Å². The number of hydrogen-bond donors (Lipinski definition) is 2. The van der Waals surface area contributed by atoms with Gasteiger partial charge in [-0.2, -0.15) is 0 Å². The minimum absolute atomic E-state index is 0.0358. The van der Waals surface area contributed by atoms with Crippen LogP contribution in [0.3, 0.4) is 0 Å². The number of nitrogens with zero attached hydrogens (tertiary/aromatic N) is 5. The SMILES string of the molecule is CC(C)C1=NOC(C2CCN(c3ncnc(Nc4ccc(S(C)(=O)=O)cc4P)c3[N+](=O)[O-])CC2)N1. The molecule has 1 saturated heterocycles. The van der Waals surface area contributed by atoms with Crippen LogP contribution in [0, 0.1) is 22.0 Å². The first-order valence-corrected chi connectivity index (χ1v) is 13.6. The van der Waals surface area contributed by atoms with Crippen LogP contribution in [0.5, 0.6) is 0 Å². The van der Waals surface area contributed by atoms with Crippen molar-refractivity contribution < 1.29 is 18.2 Å². The summed E-state index contributed by atoms with van der Waals surface area (Å²) in [5.74, 6) is 1.58. The number of sulfone groups is 1. The molecule has 0 amide bonds. The highest BCUT2D eigenvalue weighted by molar-refractivity contribution is 7.90. The van der Waals surface area contributed by atoms with Crippen LogP contribution in [0.4, 0.5) is 23.0 Å². The Hall–Kier alpha value is -3.05. The number of nitro groups is 1. The fraction of sp³-hybridized carbons (Fsp3) is 0.476. The molecule has 2 N–H and O–H groups in total. The Kier molecular flexibility index (Phi) is 7.09. The van der Waals surface area contributed by atoms with Crippen LogP contribution in [0.2, 0.25) is 0 Å². The summed E-state index contributed by atoms with van der Waals surface area (Å²) in [6.07, 6.45) is 3.72. The van der Waals surface area contributed by atoms with E-state index in [4.69, 9.17) is 4.84 Å². The van der Waals surface area contributed by atoms with Gasteiger partial charge in [0.2, 0.25) is 17.9 Å². The zero-order valence-electron chi connectivity index (χ0n) is 19.6. The molecule has 4 rings (SSSR count). The predicted molar refractivity (Wildman–Crippen MR) is 136 cm³/mol. The molecular formula is C21H28N7O5PS. The molecule has 3 heterocycles. The van der Waals surface area contributed by atoms with E-state index in [-0.39, 0.29) is 40.3 Å². The van der Waals surface area contributed by atoms with Gasteiger partial charge >= 0.3 is 5.69 Å². The molecular weight excluding hydrogens is 493 g/mol. The number of oxime groups is 1. The highest BCUT2D eigenvalue weighted by atomic mass is 32.2. The molecule has 35 heavy (non-hydrogen) atoms. The molecule has 2 unspecified atom stereocenters. The van der Waals surface area contributed by atoms with E-state index < -0.39 is 14.8 Å². The highest BCUT2D eigenvalue weighted by Crippen LogP contribution is 2.36. The molecule has 12 nitrogen and oxygen atoms in total. The second kappa shape index (κ2) is 9.90. The molecule has 0 saturated carbocycles. The highest BCUT2D eigenvalue weighted by Gasteiger charge is 2.35. The van der Waals surface area contributed by atoms with Gasteiger partial charge in [0.1, 0.15) is 12.2 Å². The van der Waals surface area contributed by atoms with Crippen LogP contribution < -0.4 is 20.8 Å². The largest absolute Gasteiger partial charge is 0.369 e. The van der Waals surface area contributed by atoms with Crippen molar-refractivity contribution in [1.29, 1.82) is 0 Å². The first-order chi connectivity index (χ1) is 16.5. The minimum Gasteiger partial charge on any atom is -0.369 e. The lowest BCUT2D eigenvalue weighted by Crippen LogP contribution is -2.44. The lowest BCUT2D eigenvalue weighted by molar-refractivity contribution is -0.383. The molecule has 0 aliphatic carbocycles. The zero-order valence-corrected chi connectivity index (χ0v) is 21.6. The van der Waals surface area contributed by atoms with Gasteiger partial charge in [0.05, 0.1) is 9.82 Å². The summed E-state index contributed by atoms with van der Waals surface area (Å²) in [6.45, 7) is 5.22. The van der Waals surface area contributed by atoms with Crippen molar-refractivity contribution in [2.45, 2.75) is 37.8 Å². The number of piperidine rings is 1. The number of aromatic nitrogens is 2. The summed E-state index contributed by atoms with van der Waals surface area (Å²) >= 11 is 0. The van der Waals surface area contributed by atoms with Gasteiger partial charge in [0.15, 0.2) is 9.84 Å². The quantitative estimate of drug-likeness (QED) is 0.315. The van der Waals surface area contributed by atoms with Gasteiger partial charge in [-0.3, -0.25) is 10.1 Å².